The summed E-state index contributed by atoms with van der Waals surface area (Å²) in [6, 6.07) is 10.9. The smallest absolute Gasteiger partial charge is 0.184 e. The van der Waals surface area contributed by atoms with Crippen molar-refractivity contribution < 1.29 is 30.7 Å². The van der Waals surface area contributed by atoms with E-state index in [1.54, 1.807) is 0 Å². The summed E-state index contributed by atoms with van der Waals surface area (Å²) in [7, 11) is -2.71. The molecule has 3 rings (SSSR count). The van der Waals surface area contributed by atoms with E-state index in [-0.39, 0.29) is 20.2 Å². The molecule has 0 aliphatic carbocycles. The number of halogens is 7. The van der Waals surface area contributed by atoms with Gasteiger partial charge in [0.2, 0.25) is 0 Å². The molecule has 0 saturated carbocycles. The summed E-state index contributed by atoms with van der Waals surface area (Å²) in [5, 5.41) is -4.78. The van der Waals surface area contributed by atoms with Gasteiger partial charge in [0.05, 0.1) is 10.5 Å². The zero-order valence-corrected chi connectivity index (χ0v) is 12.0. The topological polar surface area (TPSA) is 0 Å². The van der Waals surface area contributed by atoms with Crippen LogP contribution in [0.3, 0.4) is 0 Å². The van der Waals surface area contributed by atoms with Crippen molar-refractivity contribution in [1.82, 2.24) is 0 Å². The molecule has 0 bridgehead atoms. The molecule has 0 saturated heterocycles. The third-order valence-electron chi connectivity index (χ3n) is 3.48. The summed E-state index contributed by atoms with van der Waals surface area (Å²) in [6.07, 6.45) is -6.34. The van der Waals surface area contributed by atoms with Crippen molar-refractivity contribution in [3.8, 4) is 0 Å². The first-order valence-corrected chi connectivity index (χ1v) is 7.56. The zero-order chi connectivity index (χ0) is 17.0. The predicted molar refractivity (Wildman–Crippen MR) is 75.1 cm³/mol. The standard InChI is InChI=1S/C15H8F7S/c16-13(17,14(18,19)20)15(21,22)23-11-7-3-1-5-9(11)10-6-2-4-8-12(10)23/h1-8H/q+1. The second-order valence-corrected chi connectivity index (χ2v) is 6.89. The first-order chi connectivity index (χ1) is 10.6. The summed E-state index contributed by atoms with van der Waals surface area (Å²) in [6.45, 7) is 0. The maximum absolute atomic E-state index is 14.3. The van der Waals surface area contributed by atoms with Crippen LogP contribution in [-0.4, -0.2) is 12.1 Å². The van der Waals surface area contributed by atoms with Gasteiger partial charge in [-0.05, 0) is 24.3 Å². The average Bonchev–Trinajstić information content (AvgIpc) is 2.81. The van der Waals surface area contributed by atoms with Crippen LogP contribution in [0.4, 0.5) is 30.7 Å². The van der Waals surface area contributed by atoms with E-state index in [1.165, 1.54) is 48.5 Å². The maximum atomic E-state index is 14.3. The molecule has 23 heavy (non-hydrogen) atoms. The normalized spacial score (nSPS) is 13.9. The zero-order valence-electron chi connectivity index (χ0n) is 11.2. The van der Waals surface area contributed by atoms with Gasteiger partial charge in [-0.2, -0.15) is 22.0 Å². The molecule has 0 fully saturated rings. The van der Waals surface area contributed by atoms with E-state index < -0.39 is 27.8 Å². The van der Waals surface area contributed by atoms with Gasteiger partial charge in [-0.25, -0.2) is 0 Å². The van der Waals surface area contributed by atoms with Crippen molar-refractivity contribution in [3.05, 3.63) is 48.5 Å². The van der Waals surface area contributed by atoms with Gasteiger partial charge in [0, 0.05) is 10.8 Å². The summed E-state index contributed by atoms with van der Waals surface area (Å²) in [5.41, 5.74) is 0. The molecule has 0 spiro atoms. The van der Waals surface area contributed by atoms with Crippen molar-refractivity contribution >= 4 is 30.6 Å². The molecule has 0 N–H and O–H groups in total. The SMILES string of the molecule is FC(F)(F)C(F)(F)C(F)(F)[s+]1c2ccccc2c2ccccc21. The van der Waals surface area contributed by atoms with E-state index in [1.807, 2.05) is 0 Å². The largest absolute Gasteiger partial charge is 0.506 e. The molecule has 0 amide bonds. The third-order valence-corrected chi connectivity index (χ3v) is 5.84. The summed E-state index contributed by atoms with van der Waals surface area (Å²) >= 11 is 0. The lowest BCUT2D eigenvalue weighted by Gasteiger charge is -2.22. The second-order valence-electron chi connectivity index (χ2n) is 4.89. The highest BCUT2D eigenvalue weighted by Gasteiger charge is 2.80. The number of rotatable bonds is 2. The quantitative estimate of drug-likeness (QED) is 0.365. The summed E-state index contributed by atoms with van der Waals surface area (Å²) < 4.78 is 92.7. The highest BCUT2D eigenvalue weighted by atomic mass is 32.2. The molecule has 0 aliphatic heterocycles. The molecule has 1 heterocycles. The van der Waals surface area contributed by atoms with Gasteiger partial charge in [-0.15, -0.1) is 8.78 Å². The molecule has 122 valence electrons. The Labute approximate surface area is 128 Å². The molecule has 0 nitrogen and oxygen atoms in total. The lowest BCUT2D eigenvalue weighted by Crippen LogP contribution is -2.48. The number of thiophene rings is 1. The third kappa shape index (κ3) is 2.11. The molecule has 0 aliphatic rings. The van der Waals surface area contributed by atoms with Crippen LogP contribution in [0.15, 0.2) is 48.5 Å². The average molecular weight is 353 g/mol. The Hall–Kier alpha value is -1.83. The van der Waals surface area contributed by atoms with Gasteiger partial charge in [0.25, 0.3) is 0 Å². The molecular formula is C15H8F7S+. The van der Waals surface area contributed by atoms with Gasteiger partial charge in [0.15, 0.2) is 9.40 Å². The Morgan fingerprint density at radius 3 is 1.39 bits per heavy atom. The summed E-state index contributed by atoms with van der Waals surface area (Å²) in [4.78, 5) is 0. The van der Waals surface area contributed by atoms with Crippen molar-refractivity contribution in [2.45, 2.75) is 17.4 Å². The molecular weight excluding hydrogens is 345 g/mol. The van der Waals surface area contributed by atoms with Gasteiger partial charge < -0.3 is 0 Å². The van der Waals surface area contributed by atoms with E-state index in [2.05, 4.69) is 0 Å². The fourth-order valence-electron chi connectivity index (χ4n) is 2.42. The maximum Gasteiger partial charge on any atom is 0.506 e. The minimum absolute atomic E-state index is 0.206. The van der Waals surface area contributed by atoms with Crippen molar-refractivity contribution in [2.75, 3.05) is 0 Å². The van der Waals surface area contributed by atoms with Crippen LogP contribution in [0.2, 0.25) is 0 Å². The van der Waals surface area contributed by atoms with Crippen LogP contribution in [0.25, 0.3) is 20.2 Å². The van der Waals surface area contributed by atoms with Crippen LogP contribution in [0.1, 0.15) is 0 Å². The monoisotopic (exact) mass is 353 g/mol. The molecule has 0 unspecified atom stereocenters. The number of hydrogen-bond donors (Lipinski definition) is 0. The van der Waals surface area contributed by atoms with E-state index in [4.69, 9.17) is 0 Å². The van der Waals surface area contributed by atoms with Crippen molar-refractivity contribution in [1.29, 1.82) is 0 Å². The van der Waals surface area contributed by atoms with E-state index in [0.29, 0.717) is 0 Å². The summed E-state index contributed by atoms with van der Waals surface area (Å²) in [5.74, 6) is -6.13. The Bertz CT molecular complexity index is 823. The molecule has 0 atom stereocenters. The minimum atomic E-state index is -6.34. The van der Waals surface area contributed by atoms with E-state index in [9.17, 15) is 30.7 Å². The second kappa shape index (κ2) is 4.83. The van der Waals surface area contributed by atoms with Gasteiger partial charge in [-0.3, -0.25) is 0 Å². The Morgan fingerprint density at radius 2 is 1.00 bits per heavy atom. The lowest BCUT2D eigenvalue weighted by molar-refractivity contribution is -0.345. The molecule has 8 heteroatoms. The first-order valence-electron chi connectivity index (χ1n) is 6.34. The number of fused-ring (bicyclic) bond motifs is 3. The van der Waals surface area contributed by atoms with Crippen molar-refractivity contribution in [2.24, 2.45) is 0 Å². The van der Waals surface area contributed by atoms with Gasteiger partial charge in [0.1, 0.15) is 0 Å². The number of alkyl halides is 7. The fourth-order valence-corrected chi connectivity index (χ4v) is 4.81. The highest BCUT2D eigenvalue weighted by Crippen LogP contribution is 2.62. The number of benzene rings is 2. The van der Waals surface area contributed by atoms with Crippen LogP contribution in [-0.2, 0) is 5.25 Å². The molecule has 2 aromatic carbocycles. The van der Waals surface area contributed by atoms with Gasteiger partial charge >= 0.3 is 17.4 Å². The number of hydrogen-bond acceptors (Lipinski definition) is 0. The van der Waals surface area contributed by atoms with E-state index >= 15 is 0 Å². The highest BCUT2D eigenvalue weighted by molar-refractivity contribution is 7.44. The molecule has 1 aromatic heterocycles. The Morgan fingerprint density at radius 1 is 0.609 bits per heavy atom. The Kier molecular flexibility index (Phi) is 3.37. The Balaban J connectivity index is 2.43. The molecule has 0 radical (unpaired) electrons. The predicted octanol–water partition coefficient (Wildman–Crippen LogP) is 6.49. The fraction of sp³-hybridized carbons (Fsp3) is 0.200. The van der Waals surface area contributed by atoms with Crippen LogP contribution < -0.4 is 0 Å². The van der Waals surface area contributed by atoms with Crippen LogP contribution >= 0.6 is 10.5 Å². The minimum Gasteiger partial charge on any atom is -0.184 e. The molecule has 3 aromatic rings. The van der Waals surface area contributed by atoms with E-state index in [0.717, 1.165) is 0 Å². The lowest BCUT2D eigenvalue weighted by atomic mass is 10.2. The first kappa shape index (κ1) is 16.0. The van der Waals surface area contributed by atoms with Crippen LogP contribution in [0, 0.1) is 0 Å². The van der Waals surface area contributed by atoms with Gasteiger partial charge in [-0.1, -0.05) is 24.3 Å². The van der Waals surface area contributed by atoms with Crippen LogP contribution in [0.5, 0.6) is 0 Å². The van der Waals surface area contributed by atoms with Crippen molar-refractivity contribution in [3.63, 3.8) is 0 Å².